The highest BCUT2D eigenvalue weighted by atomic mass is 16.3. The molecule has 3 N–H and O–H groups in total. The van der Waals surface area contributed by atoms with Gasteiger partial charge in [0.05, 0.1) is 23.8 Å². The third-order valence-corrected chi connectivity index (χ3v) is 6.47. The van der Waals surface area contributed by atoms with Gasteiger partial charge < -0.3 is 25.2 Å². The van der Waals surface area contributed by atoms with Gasteiger partial charge in [-0.3, -0.25) is 14.5 Å². The lowest BCUT2D eigenvalue weighted by Crippen LogP contribution is -2.42. The Morgan fingerprint density at radius 3 is 2.79 bits per heavy atom. The van der Waals surface area contributed by atoms with Crippen LogP contribution in [0.25, 0.3) is 0 Å². The Bertz CT molecular complexity index is 984. The van der Waals surface area contributed by atoms with Crippen LogP contribution in [0.3, 0.4) is 0 Å². The molecule has 1 fully saturated rings. The van der Waals surface area contributed by atoms with Gasteiger partial charge in [-0.2, -0.15) is 0 Å². The number of pyridine rings is 1. The number of nitrogens with one attached hydrogen (secondary N) is 2. The number of hydrogen-bond donors (Lipinski definition) is 3. The minimum absolute atomic E-state index is 0.106. The maximum absolute atomic E-state index is 12.6. The van der Waals surface area contributed by atoms with Gasteiger partial charge in [0, 0.05) is 77.5 Å². The molecule has 0 spiro atoms. The first-order chi connectivity index (χ1) is 15.9. The number of amides is 2. The zero-order valence-electron chi connectivity index (χ0n) is 19.3. The van der Waals surface area contributed by atoms with Crippen molar-refractivity contribution in [1.82, 2.24) is 29.7 Å². The average Bonchev–Trinajstić information content (AvgIpc) is 3.18. The van der Waals surface area contributed by atoms with Crippen molar-refractivity contribution in [2.24, 2.45) is 7.05 Å². The topological polar surface area (TPSA) is 116 Å². The van der Waals surface area contributed by atoms with Gasteiger partial charge in [0.25, 0.3) is 5.91 Å². The van der Waals surface area contributed by atoms with E-state index in [0.29, 0.717) is 17.9 Å². The van der Waals surface area contributed by atoms with Crippen molar-refractivity contribution in [1.29, 1.82) is 0 Å². The number of piperidine rings is 1. The molecule has 10 heteroatoms. The largest absolute Gasteiger partial charge is 0.390 e. The van der Waals surface area contributed by atoms with E-state index in [1.165, 1.54) is 5.69 Å². The monoisotopic (exact) mass is 455 g/mol. The van der Waals surface area contributed by atoms with Gasteiger partial charge in [0.15, 0.2) is 0 Å². The second-order valence-electron chi connectivity index (χ2n) is 8.95. The van der Waals surface area contributed by atoms with Crippen molar-refractivity contribution in [2.75, 3.05) is 38.0 Å². The van der Waals surface area contributed by atoms with Crippen LogP contribution < -0.4 is 10.6 Å². The van der Waals surface area contributed by atoms with E-state index in [9.17, 15) is 14.7 Å². The van der Waals surface area contributed by atoms with Gasteiger partial charge in [-0.25, -0.2) is 9.97 Å². The number of likely N-dealkylation sites (tertiary alicyclic amines) is 1. The van der Waals surface area contributed by atoms with Crippen LogP contribution >= 0.6 is 0 Å². The van der Waals surface area contributed by atoms with Crippen LogP contribution in [-0.4, -0.2) is 86.1 Å². The molecule has 0 bridgehead atoms. The fraction of sp³-hybridized carbons (Fsp3) is 0.565. The molecule has 1 atom stereocenters. The minimum Gasteiger partial charge on any atom is -0.390 e. The third-order valence-electron chi connectivity index (χ3n) is 6.47. The highest BCUT2D eigenvalue weighted by Gasteiger charge is 2.23. The number of imidazole rings is 1. The molecule has 178 valence electrons. The molecule has 0 unspecified atom stereocenters. The van der Waals surface area contributed by atoms with E-state index in [-0.39, 0.29) is 24.4 Å². The lowest BCUT2D eigenvalue weighted by atomic mass is 10.0. The molecule has 0 saturated carbocycles. The molecule has 2 aliphatic rings. The molecule has 0 aliphatic carbocycles. The molecule has 2 aromatic rings. The van der Waals surface area contributed by atoms with Gasteiger partial charge in [0.1, 0.15) is 5.82 Å². The molecule has 0 radical (unpaired) electrons. The van der Waals surface area contributed by atoms with Gasteiger partial charge in [-0.1, -0.05) is 0 Å². The summed E-state index contributed by atoms with van der Waals surface area (Å²) in [4.78, 5) is 36.9. The summed E-state index contributed by atoms with van der Waals surface area (Å²) >= 11 is 0. The van der Waals surface area contributed by atoms with Crippen molar-refractivity contribution in [3.63, 3.8) is 0 Å². The summed E-state index contributed by atoms with van der Waals surface area (Å²) in [6.07, 6.45) is 5.35. The minimum atomic E-state index is -0.658. The SMILES string of the molecule is CC(=O)N1CCC(Nc2cc(C(=O)NC[C@H](O)CN3CCc4ncn(C)c4C3)ccn2)CC1. The molecule has 2 aliphatic heterocycles. The molecule has 2 amide bonds. The summed E-state index contributed by atoms with van der Waals surface area (Å²) in [5.74, 6) is 0.512. The lowest BCUT2D eigenvalue weighted by Gasteiger charge is -2.32. The van der Waals surface area contributed by atoms with Crippen molar-refractivity contribution >= 4 is 17.6 Å². The number of aliphatic hydroxyl groups is 1. The Morgan fingerprint density at radius 1 is 1.24 bits per heavy atom. The Kier molecular flexibility index (Phi) is 7.24. The van der Waals surface area contributed by atoms with Crippen LogP contribution in [-0.2, 0) is 24.8 Å². The van der Waals surface area contributed by atoms with Crippen molar-refractivity contribution in [3.8, 4) is 0 Å². The molecule has 0 aromatic carbocycles. The molecular formula is C23H33N7O3. The standard InChI is InChI=1S/C23H33N7O3/c1-16(31)30-9-4-18(5-10-30)27-22-11-17(3-7-24-22)23(33)25-12-19(32)13-29-8-6-20-21(14-29)28(2)15-26-20/h3,7,11,15,18-19,32H,4-6,8-10,12-14H2,1-2H3,(H,24,27)(H,25,33)/t19-/m0/s1. The predicted molar refractivity (Wildman–Crippen MR) is 124 cm³/mol. The third kappa shape index (κ3) is 5.88. The highest BCUT2D eigenvalue weighted by molar-refractivity contribution is 5.94. The maximum Gasteiger partial charge on any atom is 0.251 e. The van der Waals surface area contributed by atoms with E-state index >= 15 is 0 Å². The first kappa shape index (κ1) is 23.2. The summed E-state index contributed by atoms with van der Waals surface area (Å²) in [7, 11) is 1.98. The van der Waals surface area contributed by atoms with Crippen LogP contribution in [0.5, 0.6) is 0 Å². The lowest BCUT2D eigenvalue weighted by molar-refractivity contribution is -0.129. The summed E-state index contributed by atoms with van der Waals surface area (Å²) in [6.45, 7) is 5.32. The quantitative estimate of drug-likeness (QED) is 0.553. The van der Waals surface area contributed by atoms with Gasteiger partial charge in [0.2, 0.25) is 5.91 Å². The normalized spacial score (nSPS) is 18.0. The summed E-state index contributed by atoms with van der Waals surface area (Å²) in [5.41, 5.74) is 2.81. The van der Waals surface area contributed by atoms with E-state index in [0.717, 1.165) is 51.1 Å². The fourth-order valence-electron chi connectivity index (χ4n) is 4.50. The van der Waals surface area contributed by atoms with Gasteiger partial charge in [-0.15, -0.1) is 0 Å². The Morgan fingerprint density at radius 2 is 2.03 bits per heavy atom. The number of fused-ring (bicyclic) bond motifs is 1. The van der Waals surface area contributed by atoms with Crippen molar-refractivity contribution in [2.45, 2.75) is 44.9 Å². The maximum atomic E-state index is 12.6. The molecule has 1 saturated heterocycles. The van der Waals surface area contributed by atoms with Crippen molar-refractivity contribution in [3.05, 3.63) is 41.6 Å². The smallest absolute Gasteiger partial charge is 0.251 e. The number of aliphatic hydroxyl groups excluding tert-OH is 1. The Balaban J connectivity index is 1.23. The number of carbonyl (C=O) groups is 2. The molecule has 2 aromatic heterocycles. The van der Waals surface area contributed by atoms with E-state index in [4.69, 9.17) is 0 Å². The number of nitrogens with zero attached hydrogens (tertiary/aromatic N) is 5. The van der Waals surface area contributed by atoms with Crippen molar-refractivity contribution < 1.29 is 14.7 Å². The summed E-state index contributed by atoms with van der Waals surface area (Å²) < 4.78 is 2.03. The highest BCUT2D eigenvalue weighted by Crippen LogP contribution is 2.18. The van der Waals surface area contributed by atoms with Crippen LogP contribution in [0.2, 0.25) is 0 Å². The number of aryl methyl sites for hydroxylation is 1. The number of anilines is 1. The second kappa shape index (κ2) is 10.3. The van der Waals surface area contributed by atoms with E-state index in [2.05, 4.69) is 25.5 Å². The number of hydrogen-bond acceptors (Lipinski definition) is 7. The molecular weight excluding hydrogens is 422 g/mol. The first-order valence-corrected chi connectivity index (χ1v) is 11.5. The molecule has 4 rings (SSSR count). The van der Waals surface area contributed by atoms with E-state index in [1.807, 2.05) is 22.8 Å². The average molecular weight is 456 g/mol. The number of rotatable bonds is 7. The zero-order chi connectivity index (χ0) is 23.4. The molecule has 4 heterocycles. The number of aromatic nitrogens is 3. The molecule has 10 nitrogen and oxygen atoms in total. The van der Waals surface area contributed by atoms with E-state index < -0.39 is 6.10 Å². The summed E-state index contributed by atoms with van der Waals surface area (Å²) in [6, 6.07) is 3.62. The second-order valence-corrected chi connectivity index (χ2v) is 8.95. The Labute approximate surface area is 194 Å². The summed E-state index contributed by atoms with van der Waals surface area (Å²) in [5, 5.41) is 16.7. The van der Waals surface area contributed by atoms with Crippen LogP contribution in [0.1, 0.15) is 41.5 Å². The van der Waals surface area contributed by atoms with E-state index in [1.54, 1.807) is 25.3 Å². The van der Waals surface area contributed by atoms with Gasteiger partial charge in [-0.05, 0) is 25.0 Å². The van der Waals surface area contributed by atoms with Crippen LogP contribution in [0.4, 0.5) is 5.82 Å². The number of β-amino-alcohol motifs (C(OH)–C–C–N with tert-alkyl or cyclic N) is 1. The number of carbonyl (C=O) groups excluding carboxylic acids is 2. The predicted octanol–water partition coefficient (Wildman–Crippen LogP) is 0.387. The zero-order valence-corrected chi connectivity index (χ0v) is 19.3. The molecule has 33 heavy (non-hydrogen) atoms. The van der Waals surface area contributed by atoms with Crippen LogP contribution in [0, 0.1) is 0 Å². The fourth-order valence-corrected chi connectivity index (χ4v) is 4.50. The van der Waals surface area contributed by atoms with Crippen LogP contribution in [0.15, 0.2) is 24.7 Å². The first-order valence-electron chi connectivity index (χ1n) is 11.5. The Hall–Kier alpha value is -2.98. The van der Waals surface area contributed by atoms with Gasteiger partial charge >= 0.3 is 0 Å².